The topological polar surface area (TPSA) is 111 Å². The molecule has 0 saturated carbocycles. The summed E-state index contributed by atoms with van der Waals surface area (Å²) in [5.74, 6) is -2.06. The smallest absolute Gasteiger partial charge is 0.392 e. The van der Waals surface area contributed by atoms with Gasteiger partial charge >= 0.3 is 6.18 Å². The number of benzene rings is 1. The Hall–Kier alpha value is -2.95. The SMILES string of the molecule is O=C1CCC(C(=O)N2CC[C@@H](O)[C@@H](C(=O)NCc3ccc(C(F)(F)F)cc3)C2)=NN1. The van der Waals surface area contributed by atoms with E-state index >= 15 is 0 Å². The van der Waals surface area contributed by atoms with E-state index < -0.39 is 35.6 Å². The fourth-order valence-corrected chi connectivity index (χ4v) is 3.32. The molecular formula is C19H21F3N4O4. The number of carbonyl (C=O) groups is 3. The van der Waals surface area contributed by atoms with Crippen LogP contribution in [0, 0.1) is 5.92 Å². The van der Waals surface area contributed by atoms with Crippen molar-refractivity contribution in [3.8, 4) is 0 Å². The summed E-state index contributed by atoms with van der Waals surface area (Å²) >= 11 is 0. The van der Waals surface area contributed by atoms with E-state index in [0.717, 1.165) is 12.1 Å². The quantitative estimate of drug-likeness (QED) is 0.661. The monoisotopic (exact) mass is 426 g/mol. The molecule has 1 fully saturated rings. The van der Waals surface area contributed by atoms with Gasteiger partial charge in [-0.25, -0.2) is 5.43 Å². The van der Waals surface area contributed by atoms with Crippen molar-refractivity contribution in [3.63, 3.8) is 0 Å². The van der Waals surface area contributed by atoms with Gasteiger partial charge < -0.3 is 15.3 Å². The number of hydrogen-bond donors (Lipinski definition) is 3. The standard InChI is InChI=1S/C19H21F3N4O4/c20-19(21,22)12-3-1-11(2-4-12)9-23-17(29)13-10-26(8-7-15(13)27)18(30)14-5-6-16(28)25-24-14/h1-4,13,15,27H,5-10H2,(H,23,29)(H,25,28)/t13-,15+/m0/s1. The molecule has 1 aromatic carbocycles. The molecule has 2 heterocycles. The van der Waals surface area contributed by atoms with Crippen molar-refractivity contribution < 1.29 is 32.7 Å². The van der Waals surface area contributed by atoms with E-state index in [9.17, 15) is 32.7 Å². The lowest BCUT2D eigenvalue weighted by molar-refractivity contribution is -0.138. The van der Waals surface area contributed by atoms with E-state index in [1.807, 2.05) is 0 Å². The van der Waals surface area contributed by atoms with Gasteiger partial charge in [0.1, 0.15) is 5.71 Å². The highest BCUT2D eigenvalue weighted by atomic mass is 19.4. The van der Waals surface area contributed by atoms with Crippen LogP contribution in [-0.2, 0) is 27.1 Å². The second-order valence-corrected chi connectivity index (χ2v) is 7.22. The number of amides is 3. The summed E-state index contributed by atoms with van der Waals surface area (Å²) in [4.78, 5) is 37.7. The predicted molar refractivity (Wildman–Crippen MR) is 98.8 cm³/mol. The maximum Gasteiger partial charge on any atom is 0.416 e. The Morgan fingerprint density at radius 2 is 1.93 bits per heavy atom. The summed E-state index contributed by atoms with van der Waals surface area (Å²) < 4.78 is 37.8. The first kappa shape index (κ1) is 21.8. The summed E-state index contributed by atoms with van der Waals surface area (Å²) in [6.07, 6.45) is -4.83. The molecule has 0 aliphatic carbocycles. The van der Waals surface area contributed by atoms with E-state index in [1.165, 1.54) is 17.0 Å². The number of aliphatic hydroxyl groups is 1. The highest BCUT2D eigenvalue weighted by molar-refractivity contribution is 6.39. The van der Waals surface area contributed by atoms with Crippen LogP contribution in [0.5, 0.6) is 0 Å². The summed E-state index contributed by atoms with van der Waals surface area (Å²) in [6.45, 7) is 0.217. The second kappa shape index (κ2) is 8.82. The van der Waals surface area contributed by atoms with E-state index in [2.05, 4.69) is 15.8 Å². The van der Waals surface area contributed by atoms with Gasteiger partial charge in [-0.15, -0.1) is 0 Å². The van der Waals surface area contributed by atoms with Crippen molar-refractivity contribution in [3.05, 3.63) is 35.4 Å². The average molecular weight is 426 g/mol. The highest BCUT2D eigenvalue weighted by Crippen LogP contribution is 2.29. The molecule has 162 valence electrons. The maximum absolute atomic E-state index is 12.6. The van der Waals surface area contributed by atoms with Crippen molar-refractivity contribution in [2.24, 2.45) is 11.0 Å². The van der Waals surface area contributed by atoms with Crippen molar-refractivity contribution in [1.82, 2.24) is 15.6 Å². The number of nitrogens with one attached hydrogen (secondary N) is 2. The Bertz CT molecular complexity index is 854. The first-order valence-corrected chi connectivity index (χ1v) is 9.41. The number of nitrogens with zero attached hydrogens (tertiary/aromatic N) is 2. The number of alkyl halides is 3. The number of likely N-dealkylation sites (tertiary alicyclic amines) is 1. The van der Waals surface area contributed by atoms with Gasteiger partial charge in [0, 0.05) is 32.5 Å². The molecule has 2 aliphatic heterocycles. The fourth-order valence-electron chi connectivity index (χ4n) is 3.32. The average Bonchev–Trinajstić information content (AvgIpc) is 2.72. The first-order valence-electron chi connectivity index (χ1n) is 9.41. The Morgan fingerprint density at radius 1 is 1.23 bits per heavy atom. The molecule has 0 unspecified atom stereocenters. The number of rotatable bonds is 4. The molecule has 8 nitrogen and oxygen atoms in total. The molecule has 0 radical (unpaired) electrons. The molecule has 2 atom stereocenters. The lowest BCUT2D eigenvalue weighted by Crippen LogP contribution is -2.53. The largest absolute Gasteiger partial charge is 0.416 e. The zero-order valence-electron chi connectivity index (χ0n) is 15.9. The number of piperidine rings is 1. The maximum atomic E-state index is 12.6. The third kappa shape index (κ3) is 5.15. The Morgan fingerprint density at radius 3 is 2.53 bits per heavy atom. The van der Waals surface area contributed by atoms with Crippen molar-refractivity contribution in [1.29, 1.82) is 0 Å². The zero-order valence-corrected chi connectivity index (χ0v) is 15.9. The van der Waals surface area contributed by atoms with Crippen LogP contribution in [0.3, 0.4) is 0 Å². The fraction of sp³-hybridized carbons (Fsp3) is 0.474. The Balaban J connectivity index is 1.58. The Labute approximate surface area is 170 Å². The van der Waals surface area contributed by atoms with Gasteiger partial charge in [-0.3, -0.25) is 14.4 Å². The predicted octanol–water partition coefficient (Wildman–Crippen LogP) is 0.797. The third-order valence-corrected chi connectivity index (χ3v) is 5.10. The third-order valence-electron chi connectivity index (χ3n) is 5.10. The highest BCUT2D eigenvalue weighted by Gasteiger charge is 2.36. The molecule has 0 spiro atoms. The van der Waals surface area contributed by atoms with Crippen LogP contribution >= 0.6 is 0 Å². The van der Waals surface area contributed by atoms with E-state index in [-0.39, 0.29) is 50.5 Å². The minimum atomic E-state index is -4.44. The van der Waals surface area contributed by atoms with Crippen molar-refractivity contribution >= 4 is 23.4 Å². The van der Waals surface area contributed by atoms with Gasteiger partial charge in [0.2, 0.25) is 11.8 Å². The molecule has 1 saturated heterocycles. The van der Waals surface area contributed by atoms with E-state index in [0.29, 0.717) is 5.56 Å². The van der Waals surface area contributed by atoms with Gasteiger partial charge in [-0.2, -0.15) is 18.3 Å². The van der Waals surface area contributed by atoms with Gasteiger partial charge in [0.25, 0.3) is 5.91 Å². The molecule has 0 bridgehead atoms. The van der Waals surface area contributed by atoms with Crippen LogP contribution in [0.25, 0.3) is 0 Å². The summed E-state index contributed by atoms with van der Waals surface area (Å²) in [6, 6.07) is 4.40. The number of hydrazone groups is 1. The van der Waals surface area contributed by atoms with Crippen LogP contribution < -0.4 is 10.7 Å². The summed E-state index contributed by atoms with van der Waals surface area (Å²) in [5, 5.41) is 16.6. The van der Waals surface area contributed by atoms with Gasteiger partial charge in [0.15, 0.2) is 0 Å². The molecule has 3 amide bonds. The van der Waals surface area contributed by atoms with Crippen molar-refractivity contribution in [2.45, 2.75) is 38.1 Å². The number of carbonyl (C=O) groups excluding carboxylic acids is 3. The molecule has 30 heavy (non-hydrogen) atoms. The molecule has 0 aromatic heterocycles. The number of aliphatic hydroxyl groups excluding tert-OH is 1. The lowest BCUT2D eigenvalue weighted by atomic mass is 9.93. The minimum absolute atomic E-state index is 0.00707. The van der Waals surface area contributed by atoms with Crippen LogP contribution in [0.1, 0.15) is 30.4 Å². The first-order chi connectivity index (χ1) is 14.1. The number of halogens is 3. The van der Waals surface area contributed by atoms with Crippen LogP contribution in [0.4, 0.5) is 13.2 Å². The Kier molecular flexibility index (Phi) is 6.40. The van der Waals surface area contributed by atoms with Crippen LogP contribution in [0.2, 0.25) is 0 Å². The molecule has 3 N–H and O–H groups in total. The lowest BCUT2D eigenvalue weighted by Gasteiger charge is -2.35. The summed E-state index contributed by atoms with van der Waals surface area (Å²) in [7, 11) is 0. The molecular weight excluding hydrogens is 405 g/mol. The van der Waals surface area contributed by atoms with Crippen molar-refractivity contribution in [2.75, 3.05) is 13.1 Å². The van der Waals surface area contributed by atoms with Gasteiger partial charge in [0.05, 0.1) is 17.6 Å². The zero-order chi connectivity index (χ0) is 21.9. The van der Waals surface area contributed by atoms with E-state index in [4.69, 9.17) is 0 Å². The van der Waals surface area contributed by atoms with Gasteiger partial charge in [-0.05, 0) is 24.1 Å². The normalized spacial score (nSPS) is 22.2. The number of hydrogen-bond acceptors (Lipinski definition) is 5. The van der Waals surface area contributed by atoms with Gasteiger partial charge in [-0.1, -0.05) is 12.1 Å². The molecule has 1 aromatic rings. The molecule has 2 aliphatic rings. The summed E-state index contributed by atoms with van der Waals surface area (Å²) in [5.41, 5.74) is 2.13. The molecule has 11 heteroatoms. The van der Waals surface area contributed by atoms with Crippen LogP contribution in [-0.4, -0.2) is 52.6 Å². The van der Waals surface area contributed by atoms with Crippen LogP contribution in [0.15, 0.2) is 29.4 Å². The second-order valence-electron chi connectivity index (χ2n) is 7.22. The molecule has 3 rings (SSSR count). The minimum Gasteiger partial charge on any atom is -0.392 e. The van der Waals surface area contributed by atoms with E-state index in [1.54, 1.807) is 0 Å².